The van der Waals surface area contributed by atoms with Crippen molar-refractivity contribution in [2.75, 3.05) is 6.54 Å². The summed E-state index contributed by atoms with van der Waals surface area (Å²) in [5.74, 6) is -1.00. The number of halogens is 3. The number of hydrogen-bond donors (Lipinski definition) is 1. The molecule has 0 atom stereocenters. The van der Waals surface area contributed by atoms with Crippen LogP contribution in [0.3, 0.4) is 0 Å². The number of rotatable bonds is 3. The van der Waals surface area contributed by atoms with Crippen LogP contribution in [0.25, 0.3) is 0 Å². The van der Waals surface area contributed by atoms with Crippen LogP contribution >= 0.6 is 23.2 Å². The normalized spacial score (nSPS) is 10.3. The summed E-state index contributed by atoms with van der Waals surface area (Å²) in [6.07, 6.45) is 0.125. The molecule has 2 nitrogen and oxygen atoms in total. The van der Waals surface area contributed by atoms with Crippen molar-refractivity contribution in [3.63, 3.8) is 0 Å². The van der Waals surface area contributed by atoms with Gasteiger partial charge < -0.3 is 5.73 Å². The quantitative estimate of drug-likeness (QED) is 0.647. The van der Waals surface area contributed by atoms with Crippen LogP contribution in [-0.2, 0) is 0 Å². The molecule has 0 saturated carbocycles. The van der Waals surface area contributed by atoms with Gasteiger partial charge in [-0.15, -0.1) is 0 Å². The number of Topliss-reactive ketones (excluding diaryl/α,β-unsaturated/α-hetero) is 1. The van der Waals surface area contributed by atoms with Gasteiger partial charge in [-0.05, 0) is 18.7 Å². The molecule has 0 saturated heterocycles. The first-order valence-electron chi connectivity index (χ1n) is 3.94. The van der Waals surface area contributed by atoms with Gasteiger partial charge in [-0.3, -0.25) is 4.79 Å². The third-order valence-electron chi connectivity index (χ3n) is 1.66. The molecule has 0 bridgehead atoms. The zero-order valence-electron chi connectivity index (χ0n) is 7.19. The van der Waals surface area contributed by atoms with Gasteiger partial charge in [0.25, 0.3) is 0 Å². The number of carbonyl (C=O) groups is 1. The average Bonchev–Trinajstić information content (AvgIpc) is 2.11. The molecule has 0 aliphatic rings. The summed E-state index contributed by atoms with van der Waals surface area (Å²) in [5.41, 5.74) is 5.29. The second kappa shape index (κ2) is 4.73. The highest BCUT2D eigenvalue weighted by molar-refractivity contribution is 6.36. The van der Waals surface area contributed by atoms with Gasteiger partial charge in [0.2, 0.25) is 0 Å². The van der Waals surface area contributed by atoms with E-state index in [9.17, 15) is 9.18 Å². The van der Waals surface area contributed by atoms with Gasteiger partial charge in [-0.25, -0.2) is 4.39 Å². The number of hydrogen-bond acceptors (Lipinski definition) is 2. The fourth-order valence-electron chi connectivity index (χ4n) is 1.02. The maximum Gasteiger partial charge on any atom is 0.165 e. The molecular formula is C9H8Cl2FNO. The summed E-state index contributed by atoms with van der Waals surface area (Å²) < 4.78 is 13.0. The highest BCUT2D eigenvalue weighted by atomic mass is 35.5. The molecular weight excluding hydrogens is 228 g/mol. The molecule has 0 heterocycles. The average molecular weight is 236 g/mol. The lowest BCUT2D eigenvalue weighted by atomic mass is 10.1. The first-order chi connectivity index (χ1) is 6.56. The van der Waals surface area contributed by atoms with Crippen LogP contribution in [0.2, 0.25) is 10.0 Å². The monoisotopic (exact) mass is 235 g/mol. The Labute approximate surface area is 90.8 Å². The van der Waals surface area contributed by atoms with E-state index < -0.39 is 5.82 Å². The van der Waals surface area contributed by atoms with Crippen molar-refractivity contribution in [1.82, 2.24) is 0 Å². The zero-order chi connectivity index (χ0) is 10.7. The lowest BCUT2D eigenvalue weighted by Gasteiger charge is -2.04. The highest BCUT2D eigenvalue weighted by Gasteiger charge is 2.14. The molecule has 0 unspecified atom stereocenters. The zero-order valence-corrected chi connectivity index (χ0v) is 8.70. The van der Waals surface area contributed by atoms with Crippen LogP contribution in [0.4, 0.5) is 4.39 Å². The molecule has 0 amide bonds. The van der Waals surface area contributed by atoms with Crippen molar-refractivity contribution in [3.05, 3.63) is 33.6 Å². The van der Waals surface area contributed by atoms with Crippen molar-refractivity contribution in [3.8, 4) is 0 Å². The third-order valence-corrected chi connectivity index (χ3v) is 2.27. The Hall–Kier alpha value is -0.640. The van der Waals surface area contributed by atoms with Crippen molar-refractivity contribution in [2.24, 2.45) is 5.73 Å². The Morgan fingerprint density at radius 2 is 2.07 bits per heavy atom. The molecule has 2 N–H and O–H groups in total. The number of ketones is 1. The number of benzene rings is 1. The van der Waals surface area contributed by atoms with Gasteiger partial charge >= 0.3 is 0 Å². The Bertz CT molecular complexity index is 368. The molecule has 0 fully saturated rings. The van der Waals surface area contributed by atoms with Crippen molar-refractivity contribution in [2.45, 2.75) is 6.42 Å². The summed E-state index contributed by atoms with van der Waals surface area (Å²) in [7, 11) is 0. The Kier molecular flexibility index (Phi) is 3.86. The molecule has 14 heavy (non-hydrogen) atoms. The van der Waals surface area contributed by atoms with Crippen LogP contribution in [-0.4, -0.2) is 12.3 Å². The first kappa shape index (κ1) is 11.4. The molecule has 0 radical (unpaired) electrons. The molecule has 0 aliphatic carbocycles. The highest BCUT2D eigenvalue weighted by Crippen LogP contribution is 2.25. The van der Waals surface area contributed by atoms with E-state index in [4.69, 9.17) is 28.9 Å². The van der Waals surface area contributed by atoms with Gasteiger partial charge in [-0.2, -0.15) is 0 Å². The topological polar surface area (TPSA) is 43.1 Å². The summed E-state index contributed by atoms with van der Waals surface area (Å²) >= 11 is 11.2. The number of carbonyl (C=O) groups excluding carboxylic acids is 1. The van der Waals surface area contributed by atoms with Gasteiger partial charge in [0, 0.05) is 17.0 Å². The lowest BCUT2D eigenvalue weighted by Crippen LogP contribution is -2.09. The van der Waals surface area contributed by atoms with E-state index in [1.54, 1.807) is 0 Å². The first-order valence-corrected chi connectivity index (χ1v) is 4.69. The van der Waals surface area contributed by atoms with Crippen molar-refractivity contribution in [1.29, 1.82) is 0 Å². The second-order valence-corrected chi connectivity index (χ2v) is 3.53. The Morgan fingerprint density at radius 1 is 1.43 bits per heavy atom. The minimum atomic E-state index is -0.695. The second-order valence-electron chi connectivity index (χ2n) is 2.71. The van der Waals surface area contributed by atoms with E-state index in [-0.39, 0.29) is 34.4 Å². The van der Waals surface area contributed by atoms with E-state index in [1.807, 2.05) is 0 Å². The van der Waals surface area contributed by atoms with Crippen LogP contribution in [0.1, 0.15) is 16.8 Å². The van der Waals surface area contributed by atoms with Crippen LogP contribution in [0.5, 0.6) is 0 Å². The van der Waals surface area contributed by atoms with Crippen LogP contribution in [0, 0.1) is 5.82 Å². The van der Waals surface area contributed by atoms with Crippen molar-refractivity contribution < 1.29 is 9.18 Å². The maximum atomic E-state index is 13.0. The van der Waals surface area contributed by atoms with Crippen LogP contribution in [0.15, 0.2) is 12.1 Å². The molecule has 0 spiro atoms. The van der Waals surface area contributed by atoms with Gasteiger partial charge in [0.15, 0.2) is 5.78 Å². The standard InChI is InChI=1S/C9H8Cl2FNO/c10-5-3-6(8(14)1-2-13)9(11)7(12)4-5/h3-4H,1-2,13H2. The van der Waals surface area contributed by atoms with E-state index in [2.05, 4.69) is 0 Å². The SMILES string of the molecule is NCCC(=O)c1cc(Cl)cc(F)c1Cl. The lowest BCUT2D eigenvalue weighted by molar-refractivity contribution is 0.0985. The van der Waals surface area contributed by atoms with E-state index in [0.29, 0.717) is 0 Å². The van der Waals surface area contributed by atoms with E-state index in [0.717, 1.165) is 6.07 Å². The summed E-state index contributed by atoms with van der Waals surface area (Å²) in [4.78, 5) is 11.4. The fraction of sp³-hybridized carbons (Fsp3) is 0.222. The third kappa shape index (κ3) is 2.44. The minimum Gasteiger partial charge on any atom is -0.330 e. The summed E-state index contributed by atoms with van der Waals surface area (Å²) in [5, 5.41) is -0.0554. The van der Waals surface area contributed by atoms with Crippen molar-refractivity contribution >= 4 is 29.0 Å². The minimum absolute atomic E-state index is 0.0853. The van der Waals surface area contributed by atoms with Crippen LogP contribution < -0.4 is 5.73 Å². The molecule has 0 aromatic heterocycles. The van der Waals surface area contributed by atoms with Gasteiger partial charge in [0.1, 0.15) is 5.82 Å². The predicted octanol–water partition coefficient (Wildman–Crippen LogP) is 2.66. The smallest absolute Gasteiger partial charge is 0.165 e. The molecule has 1 aromatic rings. The largest absolute Gasteiger partial charge is 0.330 e. The fourth-order valence-corrected chi connectivity index (χ4v) is 1.44. The summed E-state index contributed by atoms with van der Waals surface area (Å²) in [6, 6.07) is 2.40. The predicted molar refractivity (Wildman–Crippen MR) is 54.4 cm³/mol. The molecule has 76 valence electrons. The number of nitrogens with two attached hydrogens (primary N) is 1. The Balaban J connectivity index is 3.13. The Morgan fingerprint density at radius 3 is 2.64 bits per heavy atom. The molecule has 1 rings (SSSR count). The van der Waals surface area contributed by atoms with Gasteiger partial charge in [-0.1, -0.05) is 23.2 Å². The summed E-state index contributed by atoms with van der Waals surface area (Å²) in [6.45, 7) is 0.198. The molecule has 1 aromatic carbocycles. The maximum absolute atomic E-state index is 13.0. The van der Waals surface area contributed by atoms with Gasteiger partial charge in [0.05, 0.1) is 5.02 Å². The van der Waals surface area contributed by atoms with E-state index >= 15 is 0 Å². The van der Waals surface area contributed by atoms with E-state index in [1.165, 1.54) is 6.07 Å². The molecule has 5 heteroatoms. The molecule has 0 aliphatic heterocycles.